The van der Waals surface area contributed by atoms with Gasteiger partial charge in [0.05, 0.1) is 0 Å². The minimum atomic E-state index is -0.361. The molecule has 2 N–H and O–H groups in total. The van der Waals surface area contributed by atoms with Crippen molar-refractivity contribution >= 4 is 12.4 Å². The van der Waals surface area contributed by atoms with Gasteiger partial charge in [-0.2, -0.15) is 4.98 Å². The molecule has 5 heteroatoms. The molecule has 1 aromatic carbocycles. The van der Waals surface area contributed by atoms with Gasteiger partial charge in [0.25, 0.3) is 0 Å². The van der Waals surface area contributed by atoms with Crippen LogP contribution < -0.4 is 5.73 Å². The van der Waals surface area contributed by atoms with Crippen LogP contribution in [-0.2, 0) is 5.41 Å². The molecule has 0 saturated carbocycles. The van der Waals surface area contributed by atoms with Gasteiger partial charge in [0.1, 0.15) is 6.04 Å². The molecule has 2 aromatic rings. The van der Waals surface area contributed by atoms with Crippen LogP contribution in [0, 0.1) is 0 Å². The Hall–Kier alpha value is -1.39. The maximum atomic E-state index is 6.08. The van der Waals surface area contributed by atoms with Crippen LogP contribution in [0.1, 0.15) is 44.1 Å². The predicted octanol–water partition coefficient (Wildman–Crippen LogP) is 2.84. The highest BCUT2D eigenvalue weighted by molar-refractivity contribution is 5.85. The third-order valence-electron chi connectivity index (χ3n) is 2.54. The largest absolute Gasteiger partial charge is 0.337 e. The quantitative estimate of drug-likeness (QED) is 0.909. The van der Waals surface area contributed by atoms with Crippen LogP contribution in [0.5, 0.6) is 0 Å². The van der Waals surface area contributed by atoms with Crippen LogP contribution in [-0.4, -0.2) is 10.1 Å². The summed E-state index contributed by atoms with van der Waals surface area (Å²) in [4.78, 5) is 4.36. The van der Waals surface area contributed by atoms with Crippen molar-refractivity contribution in [1.82, 2.24) is 10.1 Å². The Labute approximate surface area is 113 Å². The number of nitrogens with zero attached hydrogens (tertiary/aromatic N) is 2. The molecule has 1 heterocycles. The van der Waals surface area contributed by atoms with Crippen LogP contribution >= 0.6 is 12.4 Å². The first-order valence-electron chi connectivity index (χ1n) is 5.63. The molecule has 0 spiro atoms. The molecule has 18 heavy (non-hydrogen) atoms. The van der Waals surface area contributed by atoms with Crippen molar-refractivity contribution in [2.45, 2.75) is 32.2 Å². The molecular weight excluding hydrogens is 250 g/mol. The predicted molar refractivity (Wildman–Crippen MR) is 72.7 cm³/mol. The van der Waals surface area contributed by atoms with Crippen molar-refractivity contribution in [3.8, 4) is 0 Å². The Kier molecular flexibility index (Phi) is 4.48. The van der Waals surface area contributed by atoms with Gasteiger partial charge in [-0.3, -0.25) is 0 Å². The summed E-state index contributed by atoms with van der Waals surface area (Å²) in [5, 5.41) is 3.97. The lowest BCUT2D eigenvalue weighted by Gasteiger charge is -2.11. The summed E-state index contributed by atoms with van der Waals surface area (Å²) in [6.45, 7) is 6.11. The first kappa shape index (κ1) is 14.7. The number of benzene rings is 1. The minimum absolute atomic E-state index is 0. The summed E-state index contributed by atoms with van der Waals surface area (Å²) >= 11 is 0. The molecule has 2 rings (SSSR count). The zero-order valence-electron chi connectivity index (χ0n) is 10.8. The lowest BCUT2D eigenvalue weighted by Crippen LogP contribution is -2.15. The number of nitrogens with two attached hydrogens (primary N) is 1. The molecule has 0 unspecified atom stereocenters. The van der Waals surface area contributed by atoms with Crippen LogP contribution in [0.15, 0.2) is 34.9 Å². The standard InChI is InChI=1S/C13H17N3O.ClH/c1-13(2,3)12-15-11(17-16-12)10(14)9-7-5-4-6-8-9;/h4-8,10H,14H2,1-3H3;1H/t10-;/m0./s1. The molecule has 0 aliphatic heterocycles. The minimum Gasteiger partial charge on any atom is -0.337 e. The van der Waals surface area contributed by atoms with Crippen molar-refractivity contribution in [3.63, 3.8) is 0 Å². The highest BCUT2D eigenvalue weighted by atomic mass is 35.5. The molecule has 0 bridgehead atoms. The second-order valence-corrected chi connectivity index (χ2v) is 5.09. The first-order chi connectivity index (χ1) is 7.98. The molecule has 0 radical (unpaired) electrons. The Bertz CT molecular complexity index is 490. The first-order valence-corrected chi connectivity index (χ1v) is 5.63. The fourth-order valence-electron chi connectivity index (χ4n) is 1.47. The van der Waals surface area contributed by atoms with Crippen molar-refractivity contribution in [3.05, 3.63) is 47.6 Å². The number of aromatic nitrogens is 2. The van der Waals surface area contributed by atoms with Crippen LogP contribution in [0.4, 0.5) is 0 Å². The van der Waals surface area contributed by atoms with E-state index in [4.69, 9.17) is 10.3 Å². The van der Waals surface area contributed by atoms with Gasteiger partial charge in [-0.15, -0.1) is 12.4 Å². The van der Waals surface area contributed by atoms with E-state index in [1.807, 2.05) is 51.1 Å². The molecule has 4 nitrogen and oxygen atoms in total. The molecule has 0 aliphatic carbocycles. The molecule has 0 saturated heterocycles. The van der Waals surface area contributed by atoms with E-state index in [2.05, 4.69) is 10.1 Å². The van der Waals surface area contributed by atoms with Gasteiger partial charge in [0.15, 0.2) is 5.82 Å². The maximum Gasteiger partial charge on any atom is 0.248 e. The lowest BCUT2D eigenvalue weighted by molar-refractivity contribution is 0.354. The Morgan fingerprint density at radius 3 is 2.28 bits per heavy atom. The van der Waals surface area contributed by atoms with Crippen LogP contribution in [0.2, 0.25) is 0 Å². The highest BCUT2D eigenvalue weighted by Gasteiger charge is 2.23. The topological polar surface area (TPSA) is 64.9 Å². The molecule has 0 fully saturated rings. The maximum absolute atomic E-state index is 6.08. The fourth-order valence-corrected chi connectivity index (χ4v) is 1.47. The summed E-state index contributed by atoms with van der Waals surface area (Å²) < 4.78 is 5.22. The van der Waals surface area contributed by atoms with Gasteiger partial charge in [-0.1, -0.05) is 56.3 Å². The van der Waals surface area contributed by atoms with E-state index in [1.165, 1.54) is 0 Å². The number of halogens is 1. The zero-order valence-corrected chi connectivity index (χ0v) is 11.6. The zero-order chi connectivity index (χ0) is 12.5. The lowest BCUT2D eigenvalue weighted by atomic mass is 9.96. The second-order valence-electron chi connectivity index (χ2n) is 5.09. The third-order valence-corrected chi connectivity index (χ3v) is 2.54. The van der Waals surface area contributed by atoms with Gasteiger partial charge >= 0.3 is 0 Å². The molecule has 0 aliphatic rings. The van der Waals surface area contributed by atoms with E-state index >= 15 is 0 Å². The second kappa shape index (κ2) is 5.50. The number of hydrogen-bond donors (Lipinski definition) is 1. The van der Waals surface area contributed by atoms with E-state index in [0.717, 1.165) is 5.56 Å². The van der Waals surface area contributed by atoms with E-state index < -0.39 is 0 Å². The van der Waals surface area contributed by atoms with Gasteiger partial charge in [-0.25, -0.2) is 0 Å². The van der Waals surface area contributed by atoms with Crippen LogP contribution in [0.25, 0.3) is 0 Å². The van der Waals surface area contributed by atoms with E-state index in [0.29, 0.717) is 11.7 Å². The molecule has 1 atom stereocenters. The smallest absolute Gasteiger partial charge is 0.248 e. The average Bonchev–Trinajstić information content (AvgIpc) is 2.78. The Morgan fingerprint density at radius 1 is 1.17 bits per heavy atom. The summed E-state index contributed by atoms with van der Waals surface area (Å²) in [6.07, 6.45) is 0. The van der Waals surface area contributed by atoms with E-state index in [1.54, 1.807) is 0 Å². The normalized spacial score (nSPS) is 12.9. The summed E-state index contributed by atoms with van der Waals surface area (Å²) in [5.74, 6) is 1.14. The van der Waals surface area contributed by atoms with Gasteiger partial charge in [-0.05, 0) is 5.56 Å². The van der Waals surface area contributed by atoms with Gasteiger partial charge < -0.3 is 10.3 Å². The van der Waals surface area contributed by atoms with Crippen molar-refractivity contribution in [1.29, 1.82) is 0 Å². The van der Waals surface area contributed by atoms with Gasteiger partial charge in [0.2, 0.25) is 5.89 Å². The monoisotopic (exact) mass is 267 g/mol. The summed E-state index contributed by atoms with van der Waals surface area (Å²) in [7, 11) is 0. The average molecular weight is 268 g/mol. The molecular formula is C13H18ClN3O. The Morgan fingerprint density at radius 2 is 1.78 bits per heavy atom. The number of rotatable bonds is 2. The Balaban J connectivity index is 0.00000162. The summed E-state index contributed by atoms with van der Waals surface area (Å²) in [5.41, 5.74) is 6.92. The van der Waals surface area contributed by atoms with Crippen molar-refractivity contribution < 1.29 is 4.52 Å². The molecule has 98 valence electrons. The molecule has 0 amide bonds. The highest BCUT2D eigenvalue weighted by Crippen LogP contribution is 2.22. The van der Waals surface area contributed by atoms with Crippen LogP contribution in [0.3, 0.4) is 0 Å². The van der Waals surface area contributed by atoms with Crippen molar-refractivity contribution in [2.75, 3.05) is 0 Å². The van der Waals surface area contributed by atoms with Gasteiger partial charge in [0, 0.05) is 5.41 Å². The number of hydrogen-bond acceptors (Lipinski definition) is 4. The summed E-state index contributed by atoms with van der Waals surface area (Å²) in [6, 6.07) is 9.37. The SMILES string of the molecule is CC(C)(C)c1noc([C@@H](N)c2ccccc2)n1.Cl. The fraction of sp³-hybridized carbons (Fsp3) is 0.385. The third kappa shape index (κ3) is 3.09. The van der Waals surface area contributed by atoms with E-state index in [9.17, 15) is 0 Å². The molecule has 1 aromatic heterocycles. The van der Waals surface area contributed by atoms with Crippen molar-refractivity contribution in [2.24, 2.45) is 5.73 Å². The van der Waals surface area contributed by atoms with E-state index in [-0.39, 0.29) is 23.9 Å².